The maximum absolute atomic E-state index is 10.9. The first-order valence-corrected chi connectivity index (χ1v) is 6.98. The molecule has 0 aliphatic carbocycles. The summed E-state index contributed by atoms with van der Waals surface area (Å²) in [6.45, 7) is 3.36. The lowest BCUT2D eigenvalue weighted by Gasteiger charge is -2.15. The smallest absolute Gasteiger partial charge is 0.147 e. The van der Waals surface area contributed by atoms with Crippen molar-refractivity contribution in [2.24, 2.45) is 0 Å². The average molecular weight is 223 g/mol. The van der Waals surface area contributed by atoms with Gasteiger partial charge in [-0.3, -0.25) is 0 Å². The summed E-state index contributed by atoms with van der Waals surface area (Å²) < 4.78 is 27.2. The highest BCUT2D eigenvalue weighted by atomic mass is 32.2. The monoisotopic (exact) mass is 223 g/mol. The summed E-state index contributed by atoms with van der Waals surface area (Å²) in [6, 6.07) is 0.135. The van der Waals surface area contributed by atoms with Crippen molar-refractivity contribution in [2.45, 2.75) is 25.8 Å². The van der Waals surface area contributed by atoms with Gasteiger partial charge in [0.2, 0.25) is 0 Å². The molecule has 5 heteroatoms. The molecule has 0 aromatic rings. The van der Waals surface area contributed by atoms with Gasteiger partial charge in [0.1, 0.15) is 9.84 Å². The molecule has 0 saturated carbocycles. The maximum atomic E-state index is 10.9. The Bertz CT molecular complexity index is 226. The third-order valence-corrected chi connectivity index (χ3v) is 2.89. The second-order valence-corrected chi connectivity index (χ2v) is 5.74. The first kappa shape index (κ1) is 13.9. The fraction of sp³-hybridized carbons (Fsp3) is 1.00. The van der Waals surface area contributed by atoms with Crippen LogP contribution in [-0.2, 0) is 14.6 Å². The Morgan fingerprint density at radius 2 is 2.07 bits per heavy atom. The molecule has 0 amide bonds. The Morgan fingerprint density at radius 1 is 1.43 bits per heavy atom. The summed E-state index contributed by atoms with van der Waals surface area (Å²) in [5.74, 6) is 0.216. The van der Waals surface area contributed by atoms with Crippen molar-refractivity contribution < 1.29 is 13.2 Å². The van der Waals surface area contributed by atoms with E-state index in [4.69, 9.17) is 4.74 Å². The summed E-state index contributed by atoms with van der Waals surface area (Å²) in [4.78, 5) is 0. The van der Waals surface area contributed by atoms with Crippen LogP contribution in [0.15, 0.2) is 0 Å². The van der Waals surface area contributed by atoms with Gasteiger partial charge in [-0.05, 0) is 19.9 Å². The predicted octanol–water partition coefficient (Wildman–Crippen LogP) is 0.436. The van der Waals surface area contributed by atoms with Gasteiger partial charge in [-0.15, -0.1) is 0 Å². The molecule has 1 atom stereocenters. The van der Waals surface area contributed by atoms with Crippen molar-refractivity contribution in [3.63, 3.8) is 0 Å². The molecule has 1 unspecified atom stereocenters. The van der Waals surface area contributed by atoms with E-state index in [9.17, 15) is 8.42 Å². The van der Waals surface area contributed by atoms with Crippen molar-refractivity contribution in [2.75, 3.05) is 32.3 Å². The minimum Gasteiger partial charge on any atom is -0.380 e. The van der Waals surface area contributed by atoms with Crippen LogP contribution in [-0.4, -0.2) is 46.7 Å². The van der Waals surface area contributed by atoms with Crippen LogP contribution in [0, 0.1) is 0 Å². The van der Waals surface area contributed by atoms with Crippen LogP contribution >= 0.6 is 0 Å². The minimum atomic E-state index is -2.86. The summed E-state index contributed by atoms with van der Waals surface area (Å²) in [6.07, 6.45) is 2.86. The largest absolute Gasteiger partial charge is 0.380 e. The van der Waals surface area contributed by atoms with Gasteiger partial charge in [0.05, 0.1) is 12.4 Å². The number of likely N-dealkylation sites (N-methyl/N-ethyl adjacent to an activating group) is 1. The van der Waals surface area contributed by atoms with E-state index in [2.05, 4.69) is 5.32 Å². The molecule has 0 heterocycles. The summed E-state index contributed by atoms with van der Waals surface area (Å²) in [5, 5.41) is 3.04. The molecule has 0 aliphatic rings. The molecule has 14 heavy (non-hydrogen) atoms. The first-order chi connectivity index (χ1) is 6.49. The Hall–Kier alpha value is -0.130. The molecular formula is C9H21NO3S. The third-order valence-electron chi connectivity index (χ3n) is 1.91. The van der Waals surface area contributed by atoms with Gasteiger partial charge < -0.3 is 10.1 Å². The molecule has 86 valence electrons. The Balaban J connectivity index is 3.69. The van der Waals surface area contributed by atoms with Crippen LogP contribution in [0.3, 0.4) is 0 Å². The topological polar surface area (TPSA) is 55.4 Å². The molecule has 0 aromatic heterocycles. The zero-order chi connectivity index (χ0) is 11.0. The van der Waals surface area contributed by atoms with Gasteiger partial charge in [-0.1, -0.05) is 6.92 Å². The van der Waals surface area contributed by atoms with E-state index in [-0.39, 0.29) is 11.8 Å². The van der Waals surface area contributed by atoms with E-state index in [0.29, 0.717) is 13.0 Å². The SMILES string of the molecule is CCCOCC(CCS(C)(=O)=O)NC. The van der Waals surface area contributed by atoms with E-state index in [1.807, 2.05) is 14.0 Å². The highest BCUT2D eigenvalue weighted by Crippen LogP contribution is 1.97. The van der Waals surface area contributed by atoms with E-state index in [0.717, 1.165) is 13.0 Å². The molecule has 4 nitrogen and oxygen atoms in total. The molecule has 0 saturated heterocycles. The summed E-state index contributed by atoms with van der Waals surface area (Å²) in [7, 11) is -1.03. The molecule has 0 aromatic carbocycles. The second kappa shape index (κ2) is 7.20. The predicted molar refractivity (Wildman–Crippen MR) is 58.3 cm³/mol. The standard InChI is InChI=1S/C9H21NO3S/c1-4-6-13-8-9(10-2)5-7-14(3,11)12/h9-10H,4-8H2,1-3H3. The van der Waals surface area contributed by atoms with E-state index in [1.165, 1.54) is 6.26 Å². The average Bonchev–Trinajstić information content (AvgIpc) is 2.09. The van der Waals surface area contributed by atoms with Crippen LogP contribution < -0.4 is 5.32 Å². The van der Waals surface area contributed by atoms with Gasteiger partial charge in [0.15, 0.2) is 0 Å². The Labute approximate surface area is 86.9 Å². The summed E-state index contributed by atoms with van der Waals surface area (Å²) in [5.41, 5.74) is 0. The van der Waals surface area contributed by atoms with Gasteiger partial charge in [0, 0.05) is 18.9 Å². The van der Waals surface area contributed by atoms with E-state index >= 15 is 0 Å². The van der Waals surface area contributed by atoms with Crippen LogP contribution in [0.25, 0.3) is 0 Å². The first-order valence-electron chi connectivity index (χ1n) is 4.92. The van der Waals surface area contributed by atoms with Crippen molar-refractivity contribution >= 4 is 9.84 Å². The fourth-order valence-corrected chi connectivity index (χ4v) is 1.75. The lowest BCUT2D eigenvalue weighted by atomic mass is 10.2. The van der Waals surface area contributed by atoms with Gasteiger partial charge in [-0.25, -0.2) is 8.42 Å². The number of sulfone groups is 1. The van der Waals surface area contributed by atoms with Crippen LogP contribution in [0.2, 0.25) is 0 Å². The molecule has 1 N–H and O–H groups in total. The van der Waals surface area contributed by atoms with Crippen molar-refractivity contribution in [3.8, 4) is 0 Å². The third kappa shape index (κ3) is 8.47. The number of hydrogen-bond donors (Lipinski definition) is 1. The Morgan fingerprint density at radius 3 is 2.50 bits per heavy atom. The van der Waals surface area contributed by atoms with Gasteiger partial charge in [0.25, 0.3) is 0 Å². The number of ether oxygens (including phenoxy) is 1. The molecule has 0 bridgehead atoms. The second-order valence-electron chi connectivity index (χ2n) is 3.48. The van der Waals surface area contributed by atoms with Crippen LogP contribution in [0.1, 0.15) is 19.8 Å². The fourth-order valence-electron chi connectivity index (χ4n) is 1.04. The zero-order valence-corrected chi connectivity index (χ0v) is 10.1. The maximum Gasteiger partial charge on any atom is 0.147 e. The van der Waals surface area contributed by atoms with E-state index in [1.54, 1.807) is 0 Å². The number of rotatable bonds is 8. The molecule has 0 aliphatic heterocycles. The van der Waals surface area contributed by atoms with Crippen molar-refractivity contribution in [1.29, 1.82) is 0 Å². The van der Waals surface area contributed by atoms with Crippen LogP contribution in [0.4, 0.5) is 0 Å². The molecular weight excluding hydrogens is 202 g/mol. The minimum absolute atomic E-state index is 0.135. The van der Waals surface area contributed by atoms with Gasteiger partial charge >= 0.3 is 0 Å². The number of nitrogens with one attached hydrogen (secondary N) is 1. The molecule has 0 spiro atoms. The lowest BCUT2D eigenvalue weighted by Crippen LogP contribution is -2.32. The lowest BCUT2D eigenvalue weighted by molar-refractivity contribution is 0.113. The highest BCUT2D eigenvalue weighted by molar-refractivity contribution is 7.90. The van der Waals surface area contributed by atoms with Gasteiger partial charge in [-0.2, -0.15) is 0 Å². The van der Waals surface area contributed by atoms with Crippen molar-refractivity contribution in [1.82, 2.24) is 5.32 Å². The highest BCUT2D eigenvalue weighted by Gasteiger charge is 2.10. The normalized spacial score (nSPS) is 14.2. The quantitative estimate of drug-likeness (QED) is 0.607. The Kier molecular flexibility index (Phi) is 7.13. The van der Waals surface area contributed by atoms with E-state index < -0.39 is 9.84 Å². The zero-order valence-electron chi connectivity index (χ0n) is 9.25. The van der Waals surface area contributed by atoms with Crippen LogP contribution in [0.5, 0.6) is 0 Å². The molecule has 0 radical (unpaired) electrons. The molecule has 0 rings (SSSR count). The summed E-state index contributed by atoms with van der Waals surface area (Å²) >= 11 is 0. The number of hydrogen-bond acceptors (Lipinski definition) is 4. The molecule has 0 fully saturated rings. The van der Waals surface area contributed by atoms with Crippen molar-refractivity contribution in [3.05, 3.63) is 0 Å².